The number of halogens is 1. The number of carbonyl (C=O) groups excluding carboxylic acids is 3. The number of carbonyl (C=O) groups is 3. The maximum Gasteiger partial charge on any atom is 0.304 e. The fraction of sp³-hybridized carbons (Fsp3) is 0.500. The van der Waals surface area contributed by atoms with Crippen LogP contribution in [0.15, 0.2) is 46.2 Å². The molecule has 8 heteroatoms. The van der Waals surface area contributed by atoms with Crippen LogP contribution in [0.5, 0.6) is 0 Å². The van der Waals surface area contributed by atoms with Crippen molar-refractivity contribution in [3.05, 3.63) is 46.2 Å². The van der Waals surface area contributed by atoms with Crippen molar-refractivity contribution in [3.63, 3.8) is 0 Å². The van der Waals surface area contributed by atoms with Crippen LogP contribution in [0.4, 0.5) is 0 Å². The first-order valence-corrected chi connectivity index (χ1v) is 9.99. The number of ether oxygens (including phenoxy) is 3. The van der Waals surface area contributed by atoms with Crippen molar-refractivity contribution in [3.8, 4) is 0 Å². The molecule has 0 aromatic rings. The minimum Gasteiger partial charge on any atom is -0.461 e. The van der Waals surface area contributed by atoms with Gasteiger partial charge < -0.3 is 19.3 Å². The quantitative estimate of drug-likeness (QED) is 0.386. The molecule has 0 amide bonds. The molecule has 0 saturated heterocycles. The number of allylic oxidation sites excluding steroid dienone is 4. The van der Waals surface area contributed by atoms with E-state index in [-0.39, 0.29) is 11.3 Å². The number of fused-ring (bicyclic) bond motifs is 1. The number of ketones is 2. The third-order valence-electron chi connectivity index (χ3n) is 5.19. The normalized spacial score (nSPS) is 30.7. The zero-order valence-electron chi connectivity index (χ0n) is 17.9. The van der Waals surface area contributed by atoms with Crippen LogP contribution in [0.25, 0.3) is 0 Å². The molecule has 0 fully saturated rings. The second-order valence-electron chi connectivity index (χ2n) is 7.64. The summed E-state index contributed by atoms with van der Waals surface area (Å²) in [4.78, 5) is 37.4. The first-order valence-electron chi connectivity index (χ1n) is 9.61. The number of hydrogen-bond donors (Lipinski definition) is 1. The van der Waals surface area contributed by atoms with Crippen molar-refractivity contribution in [2.75, 3.05) is 7.11 Å². The van der Waals surface area contributed by atoms with Crippen molar-refractivity contribution >= 4 is 29.1 Å². The van der Waals surface area contributed by atoms with Crippen LogP contribution in [0.2, 0.25) is 0 Å². The smallest absolute Gasteiger partial charge is 0.304 e. The van der Waals surface area contributed by atoms with Gasteiger partial charge in [-0.25, -0.2) is 0 Å². The van der Waals surface area contributed by atoms with Crippen molar-refractivity contribution in [1.29, 1.82) is 0 Å². The van der Waals surface area contributed by atoms with Crippen LogP contribution in [0, 0.1) is 5.92 Å². The van der Waals surface area contributed by atoms with Gasteiger partial charge in [-0.2, -0.15) is 0 Å². The van der Waals surface area contributed by atoms with Gasteiger partial charge in [-0.15, -0.1) is 0 Å². The van der Waals surface area contributed by atoms with Gasteiger partial charge in [0.15, 0.2) is 0 Å². The molecular weight excluding hydrogens is 412 g/mol. The summed E-state index contributed by atoms with van der Waals surface area (Å²) in [7, 11) is 1.24. The molecule has 30 heavy (non-hydrogen) atoms. The summed E-state index contributed by atoms with van der Waals surface area (Å²) < 4.78 is 15.8. The van der Waals surface area contributed by atoms with E-state index in [9.17, 15) is 19.5 Å². The molecule has 0 aromatic carbocycles. The van der Waals surface area contributed by atoms with Gasteiger partial charge in [0.1, 0.15) is 5.76 Å². The highest BCUT2D eigenvalue weighted by Crippen LogP contribution is 2.45. The van der Waals surface area contributed by atoms with E-state index in [0.29, 0.717) is 5.92 Å². The topological polar surface area (TPSA) is 99.1 Å². The van der Waals surface area contributed by atoms with Gasteiger partial charge in [-0.3, -0.25) is 14.4 Å². The number of Topliss-reactive ketones (excluding diaryl/α,β-unsaturated/α-hetero) is 2. The number of methoxy groups -OCH3 is 1. The highest BCUT2D eigenvalue weighted by atomic mass is 35.5. The molecule has 2 rings (SSSR count). The fourth-order valence-corrected chi connectivity index (χ4v) is 3.78. The van der Waals surface area contributed by atoms with Crippen LogP contribution >= 0.6 is 11.6 Å². The number of esters is 1. The molecule has 164 valence electrons. The van der Waals surface area contributed by atoms with Gasteiger partial charge in [-0.1, -0.05) is 49.6 Å². The molecule has 1 aliphatic heterocycles. The van der Waals surface area contributed by atoms with E-state index in [4.69, 9.17) is 25.8 Å². The molecule has 1 aliphatic carbocycles. The summed E-state index contributed by atoms with van der Waals surface area (Å²) in [5.74, 6) is -2.24. The lowest BCUT2D eigenvalue weighted by Crippen LogP contribution is -2.67. The summed E-state index contributed by atoms with van der Waals surface area (Å²) in [6.45, 7) is 8.25. The predicted molar refractivity (Wildman–Crippen MR) is 110 cm³/mol. The minimum atomic E-state index is -2.43. The Hall–Kier alpha value is -2.22. The Labute approximate surface area is 181 Å². The standard InChI is InChI=1S/C22H27ClO7/c1-7-12(2)10-13(3)8-9-15-11-16-17(23)18(25)21(5,30-14(4)24)19(26)22(16,27)20(28-6)29-15/h8-12,20,27H,7H2,1-6H3/b9-8+,13-10+/t12-,20-,21-,22-/m0/s1. The Kier molecular flexibility index (Phi) is 7.12. The summed E-state index contributed by atoms with van der Waals surface area (Å²) >= 11 is 6.24. The largest absolute Gasteiger partial charge is 0.461 e. The van der Waals surface area contributed by atoms with E-state index < -0.39 is 40.1 Å². The van der Waals surface area contributed by atoms with Crippen molar-refractivity contribution in [1.82, 2.24) is 0 Å². The molecule has 0 saturated carbocycles. The summed E-state index contributed by atoms with van der Waals surface area (Å²) in [6.07, 6.45) is 6.34. The zero-order chi connectivity index (χ0) is 22.9. The van der Waals surface area contributed by atoms with Crippen LogP contribution in [0.1, 0.15) is 41.0 Å². The summed E-state index contributed by atoms with van der Waals surface area (Å²) in [5, 5.41) is 10.8. The monoisotopic (exact) mass is 438 g/mol. The van der Waals surface area contributed by atoms with Gasteiger partial charge in [0, 0.05) is 19.6 Å². The molecular formula is C22H27ClO7. The Bertz CT molecular complexity index is 882. The Morgan fingerprint density at radius 3 is 2.57 bits per heavy atom. The van der Waals surface area contributed by atoms with Gasteiger partial charge in [-0.05, 0) is 31.9 Å². The maximum atomic E-state index is 13.1. The van der Waals surface area contributed by atoms with Gasteiger partial charge >= 0.3 is 5.97 Å². The first kappa shape index (κ1) is 24.1. The van der Waals surface area contributed by atoms with Gasteiger partial charge in [0.25, 0.3) is 0 Å². The summed E-state index contributed by atoms with van der Waals surface area (Å²) in [6, 6.07) is 0. The second-order valence-corrected chi connectivity index (χ2v) is 8.02. The number of aliphatic hydroxyl groups is 1. The van der Waals surface area contributed by atoms with E-state index in [1.165, 1.54) is 13.2 Å². The third kappa shape index (κ3) is 4.15. The molecule has 0 aromatic heterocycles. The highest BCUT2D eigenvalue weighted by Gasteiger charge is 2.65. The zero-order valence-corrected chi connectivity index (χ0v) is 18.7. The van der Waals surface area contributed by atoms with E-state index in [1.54, 1.807) is 12.2 Å². The van der Waals surface area contributed by atoms with Crippen LogP contribution in [-0.4, -0.2) is 47.2 Å². The lowest BCUT2D eigenvalue weighted by molar-refractivity contribution is -0.214. The average Bonchev–Trinajstić information content (AvgIpc) is 2.69. The fourth-order valence-electron chi connectivity index (χ4n) is 3.40. The van der Waals surface area contributed by atoms with Crippen LogP contribution < -0.4 is 0 Å². The highest BCUT2D eigenvalue weighted by molar-refractivity contribution is 6.48. The van der Waals surface area contributed by atoms with E-state index in [1.807, 2.05) is 6.92 Å². The molecule has 7 nitrogen and oxygen atoms in total. The SMILES string of the molecule is CC[C@H](C)/C=C(C)/C=C/C1=CC2=C(Cl)C(=O)[C@](C)(OC(C)=O)C(=O)[C@]2(O)[C@@H](OC)O1. The van der Waals surface area contributed by atoms with E-state index in [2.05, 4.69) is 19.9 Å². The first-order chi connectivity index (χ1) is 13.9. The lowest BCUT2D eigenvalue weighted by Gasteiger charge is -2.45. The molecule has 1 N–H and O–H groups in total. The molecule has 0 radical (unpaired) electrons. The Morgan fingerprint density at radius 2 is 2.03 bits per heavy atom. The third-order valence-corrected chi connectivity index (χ3v) is 5.57. The van der Waals surface area contributed by atoms with Gasteiger partial charge in [0.05, 0.1) is 5.03 Å². The second kappa shape index (κ2) is 8.88. The minimum absolute atomic E-state index is 0.162. The molecule has 0 bridgehead atoms. The molecule has 4 atom stereocenters. The molecule has 0 spiro atoms. The number of rotatable bonds is 6. The maximum absolute atomic E-state index is 13.1. The Morgan fingerprint density at radius 1 is 1.40 bits per heavy atom. The summed E-state index contributed by atoms with van der Waals surface area (Å²) in [5.41, 5.74) is -3.90. The predicted octanol–water partition coefficient (Wildman–Crippen LogP) is 3.12. The number of hydrogen-bond acceptors (Lipinski definition) is 7. The average molecular weight is 439 g/mol. The Balaban J connectivity index is 2.56. The van der Waals surface area contributed by atoms with E-state index in [0.717, 1.165) is 25.8 Å². The van der Waals surface area contributed by atoms with Crippen LogP contribution in [0.3, 0.4) is 0 Å². The molecule has 2 aliphatic rings. The van der Waals surface area contributed by atoms with Crippen LogP contribution in [-0.2, 0) is 28.6 Å². The van der Waals surface area contributed by atoms with Crippen molar-refractivity contribution in [2.24, 2.45) is 5.92 Å². The molecule has 0 unspecified atom stereocenters. The van der Waals surface area contributed by atoms with E-state index >= 15 is 0 Å². The van der Waals surface area contributed by atoms with Crippen molar-refractivity contribution < 1.29 is 33.7 Å². The van der Waals surface area contributed by atoms with Gasteiger partial charge in [0.2, 0.25) is 29.1 Å². The molecule has 1 heterocycles. The van der Waals surface area contributed by atoms with Crippen molar-refractivity contribution in [2.45, 2.75) is 58.5 Å². The lowest BCUT2D eigenvalue weighted by atomic mass is 9.71.